The van der Waals surface area contributed by atoms with Gasteiger partial charge < -0.3 is 11.1 Å². The number of hydrogen-bond acceptors (Lipinski definition) is 5. The van der Waals surface area contributed by atoms with Crippen molar-refractivity contribution < 1.29 is 4.79 Å². The first kappa shape index (κ1) is 14.1. The molecule has 0 atom stereocenters. The third-order valence-electron chi connectivity index (χ3n) is 2.83. The molecule has 0 aliphatic rings. The van der Waals surface area contributed by atoms with Crippen molar-refractivity contribution in [3.63, 3.8) is 0 Å². The Bertz CT molecular complexity index is 849. The average molecular weight is 339 g/mol. The molecule has 106 valence electrons. The van der Waals surface area contributed by atoms with Gasteiger partial charge in [0.05, 0.1) is 27.5 Å². The highest BCUT2D eigenvalue weighted by atomic mass is 35.5. The van der Waals surface area contributed by atoms with Gasteiger partial charge in [-0.05, 0) is 24.3 Å². The van der Waals surface area contributed by atoms with Crippen LogP contribution in [0.25, 0.3) is 11.0 Å². The maximum atomic E-state index is 12.3. The number of hydrogen-bond donors (Lipinski definition) is 2. The fraction of sp³-hybridized carbons (Fsp3) is 0. The first-order valence-corrected chi connectivity index (χ1v) is 7.32. The van der Waals surface area contributed by atoms with E-state index in [0.717, 1.165) is 11.7 Å². The van der Waals surface area contributed by atoms with Gasteiger partial charge in [0.25, 0.3) is 5.91 Å². The van der Waals surface area contributed by atoms with E-state index in [1.165, 1.54) is 6.07 Å². The van der Waals surface area contributed by atoms with E-state index in [1.54, 1.807) is 24.3 Å². The summed E-state index contributed by atoms with van der Waals surface area (Å²) in [6.45, 7) is 0. The summed E-state index contributed by atoms with van der Waals surface area (Å²) in [5, 5.41) is 3.43. The van der Waals surface area contributed by atoms with Crippen molar-refractivity contribution in [2.45, 2.75) is 0 Å². The Morgan fingerprint density at radius 2 is 1.90 bits per heavy atom. The van der Waals surface area contributed by atoms with E-state index >= 15 is 0 Å². The molecule has 0 bridgehead atoms. The molecule has 1 aromatic heterocycles. The van der Waals surface area contributed by atoms with Crippen LogP contribution in [0.15, 0.2) is 30.3 Å². The third-order valence-corrected chi connectivity index (χ3v) is 3.95. The largest absolute Gasteiger partial charge is 0.399 e. The van der Waals surface area contributed by atoms with E-state index in [4.69, 9.17) is 28.9 Å². The minimum Gasteiger partial charge on any atom is -0.399 e. The van der Waals surface area contributed by atoms with Crippen molar-refractivity contribution >= 4 is 63.2 Å². The molecule has 0 radical (unpaired) electrons. The van der Waals surface area contributed by atoms with Crippen molar-refractivity contribution in [2.75, 3.05) is 11.1 Å². The fourth-order valence-electron chi connectivity index (χ4n) is 1.86. The van der Waals surface area contributed by atoms with Gasteiger partial charge >= 0.3 is 0 Å². The molecule has 0 aliphatic heterocycles. The second kappa shape index (κ2) is 5.48. The fourth-order valence-corrected chi connectivity index (χ4v) is 3.02. The molecule has 3 N–H and O–H groups in total. The van der Waals surface area contributed by atoms with Gasteiger partial charge in [0.15, 0.2) is 0 Å². The summed E-state index contributed by atoms with van der Waals surface area (Å²) < 4.78 is 8.21. The predicted molar refractivity (Wildman–Crippen MR) is 86.2 cm³/mol. The molecule has 3 rings (SSSR count). The molecule has 0 saturated heterocycles. The van der Waals surface area contributed by atoms with Crippen LogP contribution < -0.4 is 11.1 Å². The van der Waals surface area contributed by atoms with Crippen molar-refractivity contribution in [3.05, 3.63) is 45.9 Å². The number of rotatable bonds is 2. The Labute approximate surface area is 134 Å². The minimum absolute atomic E-state index is 0.303. The number of fused-ring (bicyclic) bond motifs is 1. The van der Waals surface area contributed by atoms with E-state index in [0.29, 0.717) is 38.0 Å². The molecule has 1 amide bonds. The zero-order valence-electron chi connectivity index (χ0n) is 10.4. The van der Waals surface area contributed by atoms with Crippen LogP contribution in [0, 0.1) is 0 Å². The van der Waals surface area contributed by atoms with Gasteiger partial charge in [-0.25, -0.2) is 0 Å². The lowest BCUT2D eigenvalue weighted by Crippen LogP contribution is -2.13. The van der Waals surface area contributed by atoms with Crippen LogP contribution in [-0.2, 0) is 0 Å². The van der Waals surface area contributed by atoms with Gasteiger partial charge in [-0.15, -0.1) is 0 Å². The zero-order valence-corrected chi connectivity index (χ0v) is 12.8. The van der Waals surface area contributed by atoms with Crippen LogP contribution in [0.4, 0.5) is 11.4 Å². The highest BCUT2D eigenvalue weighted by Gasteiger charge is 2.17. The Morgan fingerprint density at radius 1 is 1.14 bits per heavy atom. The van der Waals surface area contributed by atoms with Crippen molar-refractivity contribution in [3.8, 4) is 0 Å². The van der Waals surface area contributed by atoms with Gasteiger partial charge in [0.2, 0.25) is 0 Å². The number of nitrogens with one attached hydrogen (secondary N) is 1. The molecule has 21 heavy (non-hydrogen) atoms. The van der Waals surface area contributed by atoms with E-state index in [9.17, 15) is 4.79 Å². The Kier molecular flexibility index (Phi) is 3.67. The van der Waals surface area contributed by atoms with Crippen LogP contribution >= 0.6 is 34.9 Å². The Hall–Kier alpha value is -1.89. The van der Waals surface area contributed by atoms with E-state index in [1.807, 2.05) is 0 Å². The number of aromatic nitrogens is 2. The van der Waals surface area contributed by atoms with Crippen molar-refractivity contribution in [1.82, 2.24) is 8.75 Å². The van der Waals surface area contributed by atoms with Crippen LogP contribution in [0.2, 0.25) is 10.0 Å². The summed E-state index contributed by atoms with van der Waals surface area (Å²) in [6, 6.07) is 8.17. The van der Waals surface area contributed by atoms with E-state index in [-0.39, 0.29) is 5.91 Å². The van der Waals surface area contributed by atoms with Crippen LogP contribution in [0.3, 0.4) is 0 Å². The maximum Gasteiger partial charge on any atom is 0.255 e. The topological polar surface area (TPSA) is 80.9 Å². The predicted octanol–water partition coefficient (Wildman–Crippen LogP) is 3.83. The van der Waals surface area contributed by atoms with E-state index in [2.05, 4.69) is 14.1 Å². The van der Waals surface area contributed by atoms with Crippen LogP contribution in [0.1, 0.15) is 10.4 Å². The number of anilines is 2. The van der Waals surface area contributed by atoms with Gasteiger partial charge in [-0.1, -0.05) is 29.3 Å². The van der Waals surface area contributed by atoms with Crippen LogP contribution in [0.5, 0.6) is 0 Å². The minimum atomic E-state index is -0.333. The number of benzene rings is 2. The van der Waals surface area contributed by atoms with E-state index < -0.39 is 0 Å². The third kappa shape index (κ3) is 2.65. The number of halogens is 2. The first-order valence-electron chi connectivity index (χ1n) is 5.83. The summed E-state index contributed by atoms with van der Waals surface area (Å²) >= 11 is 13.2. The van der Waals surface area contributed by atoms with Gasteiger partial charge in [-0.3, -0.25) is 4.79 Å². The second-order valence-corrected chi connectivity index (χ2v) is 5.60. The molecule has 3 aromatic rings. The highest BCUT2D eigenvalue weighted by molar-refractivity contribution is 7.00. The van der Waals surface area contributed by atoms with Crippen LogP contribution in [-0.4, -0.2) is 14.7 Å². The lowest BCUT2D eigenvalue weighted by molar-refractivity contribution is 0.102. The molecule has 8 heteroatoms. The molecular formula is C13H8Cl2N4OS. The van der Waals surface area contributed by atoms with Crippen molar-refractivity contribution in [1.29, 1.82) is 0 Å². The number of nitrogens with zero attached hydrogens (tertiary/aromatic N) is 2. The summed E-state index contributed by atoms with van der Waals surface area (Å²) in [5.41, 5.74) is 7.96. The second-order valence-electron chi connectivity index (χ2n) is 4.26. The molecular weight excluding hydrogens is 331 g/mol. The number of carbonyl (C=O) groups excluding carboxylic acids is 1. The quantitative estimate of drug-likeness (QED) is 0.695. The summed E-state index contributed by atoms with van der Waals surface area (Å²) in [4.78, 5) is 12.3. The Morgan fingerprint density at radius 3 is 2.67 bits per heavy atom. The number of carbonyl (C=O) groups is 1. The summed E-state index contributed by atoms with van der Waals surface area (Å²) in [7, 11) is 0. The summed E-state index contributed by atoms with van der Waals surface area (Å²) in [6.07, 6.45) is 0. The van der Waals surface area contributed by atoms with Gasteiger partial charge in [0.1, 0.15) is 11.0 Å². The SMILES string of the molecule is Nc1cccc(C(=O)Nc2c(Cl)cc(Cl)c3nsnc23)c1. The molecule has 1 heterocycles. The number of nitrogen functional groups attached to an aromatic ring is 1. The van der Waals surface area contributed by atoms with Gasteiger partial charge in [0, 0.05) is 11.3 Å². The maximum absolute atomic E-state index is 12.3. The molecule has 2 aromatic carbocycles. The molecule has 0 spiro atoms. The first-order chi connectivity index (χ1) is 10.1. The molecule has 0 unspecified atom stereocenters. The molecule has 0 saturated carbocycles. The van der Waals surface area contributed by atoms with Gasteiger partial charge in [-0.2, -0.15) is 8.75 Å². The monoisotopic (exact) mass is 338 g/mol. The number of amides is 1. The number of nitrogens with two attached hydrogens (primary N) is 1. The lowest BCUT2D eigenvalue weighted by atomic mass is 10.2. The molecule has 0 aliphatic carbocycles. The normalized spacial score (nSPS) is 10.8. The lowest BCUT2D eigenvalue weighted by Gasteiger charge is -2.09. The smallest absolute Gasteiger partial charge is 0.255 e. The standard InChI is InChI=1S/C13H8Cl2N4OS/c14-8-5-9(15)11-12(19-21-18-11)10(8)17-13(20)6-2-1-3-7(16)4-6/h1-5H,16H2,(H,17,20). The van der Waals surface area contributed by atoms with Crippen molar-refractivity contribution in [2.24, 2.45) is 0 Å². The summed E-state index contributed by atoms with van der Waals surface area (Å²) in [5.74, 6) is -0.333. The molecule has 5 nitrogen and oxygen atoms in total. The Balaban J connectivity index is 2.02. The highest BCUT2D eigenvalue weighted by Crippen LogP contribution is 2.35. The average Bonchev–Trinajstić information content (AvgIpc) is 2.93. The zero-order chi connectivity index (χ0) is 15.0. The molecule has 0 fully saturated rings.